The molecule has 1 aromatic heterocycles. The fourth-order valence-electron chi connectivity index (χ4n) is 6.03. The minimum absolute atomic E-state index is 0.00268. The van der Waals surface area contributed by atoms with E-state index in [1.54, 1.807) is 42.9 Å². The molecule has 3 aliphatic heterocycles. The van der Waals surface area contributed by atoms with Crippen molar-refractivity contribution >= 4 is 29.7 Å². The first-order chi connectivity index (χ1) is 20.0. The summed E-state index contributed by atoms with van der Waals surface area (Å²) < 4.78 is 38.9. The molecule has 12 heteroatoms. The molecule has 1 aromatic carbocycles. The minimum Gasteiger partial charge on any atom is -0.342 e. The molecule has 2 amide bonds. The van der Waals surface area contributed by atoms with Crippen LogP contribution in [0.25, 0.3) is 0 Å². The Bertz CT molecular complexity index is 1560. The van der Waals surface area contributed by atoms with Crippen molar-refractivity contribution in [3.8, 4) is 0 Å². The molecule has 1 aliphatic carbocycles. The van der Waals surface area contributed by atoms with Crippen molar-refractivity contribution < 1.29 is 27.4 Å². The third-order valence-corrected chi connectivity index (χ3v) is 8.63. The summed E-state index contributed by atoms with van der Waals surface area (Å²) in [4.78, 5) is 41.2. The average Bonchev–Trinajstić information content (AvgIpc) is 3.28. The van der Waals surface area contributed by atoms with Crippen molar-refractivity contribution in [2.45, 2.75) is 45.2 Å². The van der Waals surface area contributed by atoms with Crippen molar-refractivity contribution in [2.75, 3.05) is 18.4 Å². The largest absolute Gasteiger partial charge is 0.416 e. The fraction of sp³-hybridized carbons (Fsp3) is 0.367. The molecule has 2 aromatic rings. The number of carbonyl (C=O) groups excluding carboxylic acids is 2. The number of aromatic nitrogens is 1. The van der Waals surface area contributed by atoms with E-state index in [0.717, 1.165) is 68.4 Å². The molecular formula is C30H31F3N7O2+. The molecule has 1 saturated heterocycles. The molecule has 4 aliphatic rings. The maximum atomic E-state index is 13.3. The number of rotatable bonds is 5. The van der Waals surface area contributed by atoms with Crippen LogP contribution in [-0.4, -0.2) is 51.4 Å². The number of pyridine rings is 1. The van der Waals surface area contributed by atoms with Crippen LogP contribution in [0.4, 0.5) is 19.0 Å². The van der Waals surface area contributed by atoms with Crippen molar-refractivity contribution in [3.05, 3.63) is 83.1 Å². The van der Waals surface area contributed by atoms with E-state index >= 15 is 0 Å². The summed E-state index contributed by atoms with van der Waals surface area (Å²) in [5, 5.41) is 2.42. The normalized spacial score (nSPS) is 24.6. The molecule has 218 valence electrons. The van der Waals surface area contributed by atoms with Gasteiger partial charge in [0, 0.05) is 36.2 Å². The summed E-state index contributed by atoms with van der Waals surface area (Å²) in [5.74, 6) is 6.85. The van der Waals surface area contributed by atoms with E-state index in [4.69, 9.17) is 10.8 Å². The number of nitrogens with one attached hydrogen (secondary N) is 1. The van der Waals surface area contributed by atoms with E-state index in [1.165, 1.54) is 0 Å². The predicted molar refractivity (Wildman–Crippen MR) is 151 cm³/mol. The van der Waals surface area contributed by atoms with Crippen molar-refractivity contribution in [1.82, 2.24) is 9.88 Å². The lowest BCUT2D eigenvalue weighted by molar-refractivity contribution is -0.750. The fourth-order valence-corrected chi connectivity index (χ4v) is 6.03. The Balaban J connectivity index is 1.23. The lowest BCUT2D eigenvalue weighted by Gasteiger charge is -2.43. The highest BCUT2D eigenvalue weighted by Crippen LogP contribution is 2.44. The molecule has 1 saturated carbocycles. The van der Waals surface area contributed by atoms with E-state index in [2.05, 4.69) is 22.2 Å². The van der Waals surface area contributed by atoms with Gasteiger partial charge in [0.15, 0.2) is 0 Å². The lowest BCUT2D eigenvalue weighted by Crippen LogP contribution is -2.53. The van der Waals surface area contributed by atoms with E-state index in [0.29, 0.717) is 17.9 Å². The number of anilines is 1. The number of amides is 2. The van der Waals surface area contributed by atoms with Crippen LogP contribution < -0.4 is 11.2 Å². The third-order valence-electron chi connectivity index (χ3n) is 8.63. The van der Waals surface area contributed by atoms with E-state index in [-0.39, 0.29) is 33.2 Å². The summed E-state index contributed by atoms with van der Waals surface area (Å²) in [5.41, 5.74) is 1.27. The molecule has 0 bridgehead atoms. The van der Waals surface area contributed by atoms with Gasteiger partial charge in [-0.3, -0.25) is 14.6 Å². The molecule has 2 unspecified atom stereocenters. The highest BCUT2D eigenvalue weighted by atomic mass is 19.4. The number of quaternary nitrogens is 1. The molecule has 9 nitrogen and oxygen atoms in total. The van der Waals surface area contributed by atoms with Gasteiger partial charge in [-0.2, -0.15) is 24.0 Å². The van der Waals surface area contributed by atoms with Crippen LogP contribution in [0.15, 0.2) is 76.4 Å². The maximum Gasteiger partial charge on any atom is 0.416 e. The highest BCUT2D eigenvalue weighted by molar-refractivity contribution is 6.05. The molecule has 4 heterocycles. The second kappa shape index (κ2) is 10.3. The molecular weight excluding hydrogens is 547 g/mol. The van der Waals surface area contributed by atoms with Gasteiger partial charge < -0.3 is 10.2 Å². The molecule has 42 heavy (non-hydrogen) atoms. The number of aliphatic imine (C=N–C) groups is 2. The number of amidine groups is 1. The van der Waals surface area contributed by atoms with E-state index in [9.17, 15) is 22.8 Å². The van der Waals surface area contributed by atoms with Gasteiger partial charge in [-0.1, -0.05) is 13.3 Å². The van der Waals surface area contributed by atoms with Gasteiger partial charge in [0.2, 0.25) is 11.6 Å². The number of benzene rings is 1. The van der Waals surface area contributed by atoms with Gasteiger partial charge in [0.05, 0.1) is 23.5 Å². The molecule has 2 atom stereocenters. The van der Waals surface area contributed by atoms with Crippen LogP contribution in [0.1, 0.15) is 60.5 Å². The first-order valence-corrected chi connectivity index (χ1v) is 13.9. The summed E-state index contributed by atoms with van der Waals surface area (Å²) in [7, 11) is 0. The molecule has 6 rings (SSSR count). The monoisotopic (exact) mass is 578 g/mol. The summed E-state index contributed by atoms with van der Waals surface area (Å²) in [6.07, 6.45) is 6.19. The van der Waals surface area contributed by atoms with E-state index < -0.39 is 17.6 Å². The van der Waals surface area contributed by atoms with Gasteiger partial charge in [0.1, 0.15) is 17.7 Å². The standard InChI is InChI=1S/C30H30F3N7O2/c1-29(10-3-11-29)28(42)39-14-2-4-21(18-39)25-23-17-35-13-15-40(23,34)26(38-25)19-5-7-20(8-6-19)27(41)37-24-16-22(9-12-36-24)30(31,32)33/h5-9,12-13,15-17,21H,2-4,10-11,14,18,34H2,1H3/p+1. The van der Waals surface area contributed by atoms with Crippen LogP contribution >= 0.6 is 0 Å². The molecule has 2 fully saturated rings. The Morgan fingerprint density at radius 1 is 1.14 bits per heavy atom. The minimum atomic E-state index is -4.55. The number of carbonyl (C=O) groups is 2. The van der Waals surface area contributed by atoms with Crippen molar-refractivity contribution in [1.29, 1.82) is 0 Å². The Kier molecular flexibility index (Phi) is 6.85. The van der Waals surface area contributed by atoms with Gasteiger partial charge >= 0.3 is 6.18 Å². The van der Waals surface area contributed by atoms with Crippen LogP contribution in [0, 0.1) is 11.3 Å². The molecule has 0 radical (unpaired) electrons. The summed E-state index contributed by atoms with van der Waals surface area (Å²) >= 11 is 0. The first kappa shape index (κ1) is 28.0. The predicted octanol–water partition coefficient (Wildman–Crippen LogP) is 5.00. The van der Waals surface area contributed by atoms with Gasteiger partial charge in [-0.15, -0.1) is 4.59 Å². The van der Waals surface area contributed by atoms with Gasteiger partial charge in [-0.25, -0.2) is 4.98 Å². The summed E-state index contributed by atoms with van der Waals surface area (Å²) in [6.45, 7) is 3.36. The smallest absolute Gasteiger partial charge is 0.342 e. The number of hydrogen-bond donors (Lipinski definition) is 2. The second-order valence-corrected chi connectivity index (χ2v) is 11.5. The second-order valence-electron chi connectivity index (χ2n) is 11.5. The lowest BCUT2D eigenvalue weighted by atomic mass is 9.69. The highest BCUT2D eigenvalue weighted by Gasteiger charge is 2.48. The average molecular weight is 579 g/mol. The SMILES string of the molecule is CC1(C(=O)N2CCCC(C3=C4C=NC=C[N+]4(N)C(c4ccc(C(=O)Nc5cc(C(F)(F)F)ccn5)cc4)=N3)C2)CCC1. The number of likely N-dealkylation sites (tertiary alicyclic amines) is 1. The van der Waals surface area contributed by atoms with E-state index in [1.807, 2.05) is 4.90 Å². The Morgan fingerprint density at radius 3 is 2.60 bits per heavy atom. The number of alkyl halides is 3. The van der Waals surface area contributed by atoms with Crippen LogP contribution in [0.3, 0.4) is 0 Å². The number of piperidine rings is 1. The Labute approximate surface area is 240 Å². The number of hydrogen-bond acceptors (Lipinski definition) is 6. The topological polar surface area (TPSA) is 113 Å². The van der Waals surface area contributed by atoms with Crippen LogP contribution in [0.5, 0.6) is 0 Å². The number of fused-ring (bicyclic) bond motifs is 1. The van der Waals surface area contributed by atoms with Crippen LogP contribution in [-0.2, 0) is 11.0 Å². The quantitative estimate of drug-likeness (QED) is 0.384. The van der Waals surface area contributed by atoms with Crippen LogP contribution in [0.2, 0.25) is 0 Å². The molecule has 0 spiro atoms. The number of allylic oxidation sites excluding steroid dienone is 1. The first-order valence-electron chi connectivity index (χ1n) is 13.9. The van der Waals surface area contributed by atoms with Gasteiger partial charge in [-0.05, 0) is 62.1 Å². The molecule has 3 N–H and O–H groups in total. The zero-order chi connectivity index (χ0) is 29.7. The Hall–Kier alpha value is -4.16. The van der Waals surface area contributed by atoms with Gasteiger partial charge in [0.25, 0.3) is 11.7 Å². The zero-order valence-electron chi connectivity index (χ0n) is 23.1. The maximum absolute atomic E-state index is 13.3. The van der Waals surface area contributed by atoms with Crippen molar-refractivity contribution in [2.24, 2.45) is 27.2 Å². The summed E-state index contributed by atoms with van der Waals surface area (Å²) in [6, 6.07) is 8.15. The number of nitrogens with zero attached hydrogens (tertiary/aromatic N) is 5. The number of nitrogens with two attached hydrogens (primary N) is 1. The van der Waals surface area contributed by atoms with Crippen molar-refractivity contribution in [3.63, 3.8) is 0 Å². The Morgan fingerprint density at radius 2 is 1.90 bits per heavy atom. The third kappa shape index (κ3) is 4.94. The number of halogens is 3. The zero-order valence-corrected chi connectivity index (χ0v) is 23.1.